The average molecular weight is 290 g/mol. The number of halogens is 1. The highest BCUT2D eigenvalue weighted by Crippen LogP contribution is 2.22. The Kier molecular flexibility index (Phi) is 2.72. The molecule has 3 aromatic rings. The van der Waals surface area contributed by atoms with E-state index in [1.807, 2.05) is 0 Å². The minimum atomic E-state index is -1.12. The Labute approximate surface area is 117 Å². The molecule has 0 atom stereocenters. The number of hydrogen-bond donors (Lipinski definition) is 1. The molecule has 0 bridgehead atoms. The van der Waals surface area contributed by atoms with E-state index in [2.05, 4.69) is 4.98 Å². The molecule has 0 radical (unpaired) electrons. The van der Waals surface area contributed by atoms with Crippen molar-refractivity contribution < 1.29 is 14.3 Å². The van der Waals surface area contributed by atoms with Gasteiger partial charge in [-0.3, -0.25) is 4.79 Å². The molecule has 1 N–H and O–H groups in total. The number of carboxylic acids is 1. The molecule has 0 unspecified atom stereocenters. The number of aromatic nitrogens is 1. The number of aromatic carboxylic acids is 1. The van der Waals surface area contributed by atoms with Crippen LogP contribution in [0.15, 0.2) is 33.5 Å². The fraction of sp³-hybridized carbons (Fsp3) is 0.0714. The lowest BCUT2D eigenvalue weighted by molar-refractivity contribution is 0.0695. The zero-order chi connectivity index (χ0) is 14.4. The molecule has 0 saturated heterocycles. The van der Waals surface area contributed by atoms with Crippen LogP contribution in [0.25, 0.3) is 22.1 Å². The summed E-state index contributed by atoms with van der Waals surface area (Å²) >= 11 is 5.86. The van der Waals surface area contributed by atoms with Gasteiger partial charge in [-0.2, -0.15) is 0 Å². The highest BCUT2D eigenvalue weighted by atomic mass is 35.5. The van der Waals surface area contributed by atoms with Gasteiger partial charge in [0.05, 0.1) is 16.6 Å². The summed E-state index contributed by atoms with van der Waals surface area (Å²) in [4.78, 5) is 27.5. The number of nitrogens with zero attached hydrogens (tertiary/aromatic N) is 1. The first-order chi connectivity index (χ1) is 9.47. The summed E-state index contributed by atoms with van der Waals surface area (Å²) in [6.07, 6.45) is 0. The highest BCUT2D eigenvalue weighted by molar-refractivity contribution is 6.31. The summed E-state index contributed by atoms with van der Waals surface area (Å²) in [5.74, 6) is -1.12. The van der Waals surface area contributed by atoms with Crippen LogP contribution < -0.4 is 5.43 Å². The van der Waals surface area contributed by atoms with Gasteiger partial charge in [0.25, 0.3) is 0 Å². The van der Waals surface area contributed by atoms with E-state index in [4.69, 9.17) is 21.1 Å². The van der Waals surface area contributed by atoms with Gasteiger partial charge in [-0.15, -0.1) is 0 Å². The molecular formula is C14H8ClNO4. The molecule has 2 heterocycles. The predicted octanol–water partition coefficient (Wildman–Crippen LogP) is 3.00. The Balaban J connectivity index is 2.50. The molecule has 2 aromatic heterocycles. The lowest BCUT2D eigenvalue weighted by atomic mass is 10.1. The first-order valence-corrected chi connectivity index (χ1v) is 6.12. The smallest absolute Gasteiger partial charge is 0.337 e. The molecular weight excluding hydrogens is 282 g/mol. The van der Waals surface area contributed by atoms with Crippen LogP contribution in [0.5, 0.6) is 0 Å². The third kappa shape index (κ3) is 1.83. The maximum absolute atomic E-state index is 12.3. The number of rotatable bonds is 1. The maximum atomic E-state index is 12.3. The third-order valence-electron chi connectivity index (χ3n) is 3.03. The van der Waals surface area contributed by atoms with E-state index in [1.165, 1.54) is 19.1 Å². The van der Waals surface area contributed by atoms with Crippen LogP contribution in [0, 0.1) is 6.92 Å². The number of aryl methyl sites for hydroxylation is 1. The van der Waals surface area contributed by atoms with Crippen molar-refractivity contribution in [2.45, 2.75) is 6.92 Å². The molecule has 5 nitrogen and oxygen atoms in total. The molecule has 0 aliphatic heterocycles. The van der Waals surface area contributed by atoms with Crippen LogP contribution in [0.1, 0.15) is 16.1 Å². The molecule has 100 valence electrons. The summed E-state index contributed by atoms with van der Waals surface area (Å²) in [6, 6.07) is 5.98. The minimum Gasteiger partial charge on any atom is -0.478 e. The molecule has 0 saturated carbocycles. The van der Waals surface area contributed by atoms with Crippen molar-refractivity contribution >= 4 is 39.6 Å². The Bertz CT molecular complexity index is 930. The highest BCUT2D eigenvalue weighted by Gasteiger charge is 2.15. The fourth-order valence-electron chi connectivity index (χ4n) is 2.06. The van der Waals surface area contributed by atoms with Crippen LogP contribution in [0.4, 0.5) is 0 Å². The first-order valence-electron chi connectivity index (χ1n) is 5.74. The van der Waals surface area contributed by atoms with Crippen LogP contribution in [0.3, 0.4) is 0 Å². The molecule has 0 amide bonds. The third-order valence-corrected chi connectivity index (χ3v) is 3.26. The topological polar surface area (TPSA) is 80.4 Å². The zero-order valence-corrected chi connectivity index (χ0v) is 11.1. The normalized spacial score (nSPS) is 11.1. The van der Waals surface area contributed by atoms with Gasteiger partial charge in [0.1, 0.15) is 5.58 Å². The molecule has 20 heavy (non-hydrogen) atoms. The summed E-state index contributed by atoms with van der Waals surface area (Å²) < 4.78 is 5.54. The van der Waals surface area contributed by atoms with Crippen molar-refractivity contribution in [1.82, 2.24) is 4.98 Å². The van der Waals surface area contributed by atoms with Crippen LogP contribution >= 0.6 is 11.6 Å². The van der Waals surface area contributed by atoms with E-state index in [1.54, 1.807) is 12.1 Å². The Hall–Kier alpha value is -2.40. The van der Waals surface area contributed by atoms with Crippen molar-refractivity contribution in [3.8, 4) is 0 Å². The quantitative estimate of drug-likeness (QED) is 0.697. The molecule has 0 aliphatic rings. The van der Waals surface area contributed by atoms with Gasteiger partial charge in [0.2, 0.25) is 5.43 Å². The van der Waals surface area contributed by atoms with Crippen molar-refractivity contribution in [3.05, 3.63) is 50.8 Å². The second-order valence-electron chi connectivity index (χ2n) is 4.34. The first kappa shape index (κ1) is 12.6. The molecule has 3 rings (SSSR count). The second-order valence-corrected chi connectivity index (χ2v) is 4.78. The Morgan fingerprint density at radius 1 is 1.30 bits per heavy atom. The van der Waals surface area contributed by atoms with Crippen molar-refractivity contribution in [1.29, 1.82) is 0 Å². The summed E-state index contributed by atoms with van der Waals surface area (Å²) in [6.45, 7) is 1.53. The number of pyridine rings is 1. The van der Waals surface area contributed by atoms with E-state index in [9.17, 15) is 9.59 Å². The van der Waals surface area contributed by atoms with Gasteiger partial charge in [0.15, 0.2) is 11.1 Å². The van der Waals surface area contributed by atoms with Crippen molar-refractivity contribution in [2.75, 3.05) is 0 Å². The standard InChI is InChI=1S/C14H8ClNO4/c1-6-8(14(18)19)5-11-12(16-6)13(17)9-4-7(15)2-3-10(9)20-11/h2-5H,1H3,(H,18,19). The van der Waals surface area contributed by atoms with Crippen LogP contribution in [0.2, 0.25) is 5.02 Å². The van der Waals surface area contributed by atoms with E-state index in [0.29, 0.717) is 16.0 Å². The Morgan fingerprint density at radius 2 is 2.05 bits per heavy atom. The predicted molar refractivity (Wildman–Crippen MR) is 74.5 cm³/mol. The van der Waals surface area contributed by atoms with E-state index < -0.39 is 5.97 Å². The Morgan fingerprint density at radius 3 is 2.75 bits per heavy atom. The van der Waals surface area contributed by atoms with Crippen LogP contribution in [-0.4, -0.2) is 16.1 Å². The van der Waals surface area contributed by atoms with Gasteiger partial charge in [-0.1, -0.05) is 11.6 Å². The molecule has 0 spiro atoms. The van der Waals surface area contributed by atoms with E-state index >= 15 is 0 Å². The summed E-state index contributed by atoms with van der Waals surface area (Å²) in [5, 5.41) is 9.81. The fourth-order valence-corrected chi connectivity index (χ4v) is 2.23. The molecule has 6 heteroatoms. The lowest BCUT2D eigenvalue weighted by Gasteiger charge is -2.04. The van der Waals surface area contributed by atoms with Gasteiger partial charge in [-0.05, 0) is 31.2 Å². The molecule has 1 aromatic carbocycles. The van der Waals surface area contributed by atoms with Gasteiger partial charge < -0.3 is 9.52 Å². The van der Waals surface area contributed by atoms with Gasteiger partial charge >= 0.3 is 5.97 Å². The number of carboxylic acid groups (broad SMARTS) is 1. The van der Waals surface area contributed by atoms with Crippen LogP contribution in [-0.2, 0) is 0 Å². The largest absolute Gasteiger partial charge is 0.478 e. The summed E-state index contributed by atoms with van der Waals surface area (Å²) in [5.41, 5.74) is 0.528. The van der Waals surface area contributed by atoms with E-state index in [-0.39, 0.29) is 27.8 Å². The zero-order valence-electron chi connectivity index (χ0n) is 10.3. The average Bonchev–Trinajstić information content (AvgIpc) is 2.40. The molecule has 0 fully saturated rings. The van der Waals surface area contributed by atoms with Crippen molar-refractivity contribution in [2.24, 2.45) is 0 Å². The van der Waals surface area contributed by atoms with Gasteiger partial charge in [0, 0.05) is 5.02 Å². The second kappa shape index (κ2) is 4.31. The monoisotopic (exact) mass is 289 g/mol. The maximum Gasteiger partial charge on any atom is 0.337 e. The number of fused-ring (bicyclic) bond motifs is 2. The van der Waals surface area contributed by atoms with E-state index in [0.717, 1.165) is 0 Å². The number of benzene rings is 1. The molecule has 0 aliphatic carbocycles. The number of hydrogen-bond acceptors (Lipinski definition) is 4. The SMILES string of the molecule is Cc1nc2c(=O)c3cc(Cl)ccc3oc2cc1C(=O)O. The number of carbonyl (C=O) groups is 1. The minimum absolute atomic E-state index is 0.00830. The van der Waals surface area contributed by atoms with Gasteiger partial charge in [-0.25, -0.2) is 9.78 Å². The summed E-state index contributed by atoms with van der Waals surface area (Å²) in [7, 11) is 0. The van der Waals surface area contributed by atoms with Crippen molar-refractivity contribution in [3.63, 3.8) is 0 Å². The lowest BCUT2D eigenvalue weighted by Crippen LogP contribution is -2.08.